The van der Waals surface area contributed by atoms with Gasteiger partial charge in [-0.3, -0.25) is 9.59 Å². The van der Waals surface area contributed by atoms with E-state index in [0.717, 1.165) is 10.2 Å². The number of hydrogen-bond donors (Lipinski definition) is 1. The minimum Gasteiger partial charge on any atom is -0.417 e. The van der Waals surface area contributed by atoms with E-state index in [0.29, 0.717) is 25.1 Å². The number of fused-ring (bicyclic) bond motifs is 6. The second-order valence-corrected chi connectivity index (χ2v) is 17.1. The van der Waals surface area contributed by atoms with Crippen LogP contribution in [0, 0.1) is 11.8 Å². The molecule has 3 aliphatic heterocycles. The highest BCUT2D eigenvalue weighted by Crippen LogP contribution is 2.62. The molecule has 0 aliphatic carbocycles. The third-order valence-electron chi connectivity index (χ3n) is 8.48. The Morgan fingerprint density at radius 3 is 2.67 bits per heavy atom. The third kappa shape index (κ3) is 3.20. The van der Waals surface area contributed by atoms with E-state index in [1.54, 1.807) is 18.5 Å². The summed E-state index contributed by atoms with van der Waals surface area (Å²) >= 11 is 1.47. The lowest BCUT2D eigenvalue weighted by atomic mass is 9.66. The molecule has 1 aromatic heterocycles. The Bertz CT molecular complexity index is 1140. The van der Waals surface area contributed by atoms with Gasteiger partial charge in [-0.05, 0) is 49.7 Å². The topological polar surface area (TPSA) is 89.0 Å². The fourth-order valence-electron chi connectivity index (χ4n) is 5.56. The van der Waals surface area contributed by atoms with Crippen molar-refractivity contribution in [3.05, 3.63) is 23.7 Å². The number of carbonyl (C=O) groups is 2. The molecular weight excluding hydrogens is 456 g/mol. The van der Waals surface area contributed by atoms with E-state index in [4.69, 9.17) is 9.16 Å². The van der Waals surface area contributed by atoms with Gasteiger partial charge in [-0.25, -0.2) is 9.88 Å². The quantitative estimate of drug-likeness (QED) is 0.503. The molecule has 178 valence electrons. The molecule has 2 bridgehead atoms. The van der Waals surface area contributed by atoms with Crippen LogP contribution in [0.1, 0.15) is 40.5 Å². The highest BCUT2D eigenvalue weighted by molar-refractivity contribution is 7.16. The number of thiazole rings is 1. The van der Waals surface area contributed by atoms with E-state index in [1.807, 2.05) is 12.1 Å². The van der Waals surface area contributed by atoms with Gasteiger partial charge in [0.05, 0.1) is 45.0 Å². The van der Waals surface area contributed by atoms with Crippen LogP contribution in [0.4, 0.5) is 5.69 Å². The molecule has 0 unspecified atom stereocenters. The number of nitrogens with zero attached hydrogens (tertiary/aromatic N) is 2. The largest absolute Gasteiger partial charge is 0.417 e. The number of aliphatic hydroxyl groups is 1. The molecule has 5 rings (SSSR count). The van der Waals surface area contributed by atoms with Crippen molar-refractivity contribution in [1.29, 1.82) is 0 Å². The highest BCUT2D eigenvalue weighted by Gasteiger charge is 2.76. The normalized spacial score (nSPS) is 34.0. The summed E-state index contributed by atoms with van der Waals surface area (Å²) in [6.45, 7) is 13.2. The molecular formula is C24H32N2O5SSi. The van der Waals surface area contributed by atoms with Crippen LogP contribution in [0.15, 0.2) is 23.7 Å². The first kappa shape index (κ1) is 23.1. The van der Waals surface area contributed by atoms with Crippen LogP contribution >= 0.6 is 11.3 Å². The second-order valence-electron chi connectivity index (χ2n) is 11.4. The summed E-state index contributed by atoms with van der Waals surface area (Å²) in [5.41, 5.74) is 1.18. The lowest BCUT2D eigenvalue weighted by Crippen LogP contribution is -2.50. The number of ether oxygens (including phenoxy) is 1. The van der Waals surface area contributed by atoms with Gasteiger partial charge in [-0.2, -0.15) is 0 Å². The van der Waals surface area contributed by atoms with E-state index >= 15 is 0 Å². The number of hydrogen-bond acceptors (Lipinski definition) is 7. The van der Waals surface area contributed by atoms with Crippen molar-refractivity contribution in [2.75, 3.05) is 11.5 Å². The first-order valence-electron chi connectivity index (χ1n) is 11.5. The van der Waals surface area contributed by atoms with Gasteiger partial charge in [0, 0.05) is 13.0 Å². The van der Waals surface area contributed by atoms with Crippen molar-refractivity contribution in [3.63, 3.8) is 0 Å². The molecule has 3 saturated heterocycles. The Morgan fingerprint density at radius 2 is 1.97 bits per heavy atom. The minimum absolute atomic E-state index is 0.0681. The van der Waals surface area contributed by atoms with Crippen LogP contribution < -0.4 is 4.90 Å². The van der Waals surface area contributed by atoms with Gasteiger partial charge in [0.15, 0.2) is 8.32 Å². The lowest BCUT2D eigenvalue weighted by molar-refractivity contribution is -0.134. The van der Waals surface area contributed by atoms with Gasteiger partial charge in [0.2, 0.25) is 11.8 Å². The minimum atomic E-state index is -1.98. The van der Waals surface area contributed by atoms with Crippen LogP contribution in [0.3, 0.4) is 0 Å². The number of imide groups is 1. The number of benzene rings is 1. The summed E-state index contributed by atoms with van der Waals surface area (Å²) < 4.78 is 13.7. The van der Waals surface area contributed by atoms with E-state index < -0.39 is 37.5 Å². The standard InChI is InChI=1S/C24H32N2O5SSi/c1-22(2,3)33(5,6)30-10-9-24-12-17(27)23(4,31-24)18-19(24)21(29)26(20(18)28)14-7-8-15-16(11-14)32-13-25-15/h7-8,11,13,17-19,27H,9-10,12H2,1-6H3/t17-,18-,19+,23-,24+/m0/s1. The Balaban J connectivity index is 1.45. The predicted molar refractivity (Wildman–Crippen MR) is 130 cm³/mol. The van der Waals surface area contributed by atoms with Crippen molar-refractivity contribution < 1.29 is 23.9 Å². The molecule has 5 atom stereocenters. The average molecular weight is 489 g/mol. The van der Waals surface area contributed by atoms with Crippen LogP contribution in [-0.4, -0.2) is 54.1 Å². The SMILES string of the molecule is CC(C)(C)[Si](C)(C)OCC[C@]12C[C@H](O)[C@](C)(O1)[C@@H]1C(=O)N(c3ccc4ncsc4c3)C(=O)[C@@H]12. The van der Waals surface area contributed by atoms with Crippen LogP contribution in [-0.2, 0) is 18.8 Å². The second kappa shape index (κ2) is 7.18. The van der Waals surface area contributed by atoms with E-state index in [9.17, 15) is 14.7 Å². The molecule has 2 amide bonds. The number of amides is 2. The summed E-state index contributed by atoms with van der Waals surface area (Å²) in [7, 11) is -1.98. The zero-order chi connectivity index (χ0) is 24.0. The van der Waals surface area contributed by atoms with Crippen LogP contribution in [0.5, 0.6) is 0 Å². The van der Waals surface area contributed by atoms with Crippen LogP contribution in [0.25, 0.3) is 10.2 Å². The Hall–Kier alpha value is -1.65. The number of rotatable bonds is 5. The molecule has 9 heteroatoms. The van der Waals surface area contributed by atoms with E-state index in [-0.39, 0.29) is 16.9 Å². The molecule has 4 heterocycles. The molecule has 1 N–H and O–H groups in total. The zero-order valence-electron chi connectivity index (χ0n) is 20.0. The van der Waals surface area contributed by atoms with Gasteiger partial charge < -0.3 is 14.3 Å². The molecule has 3 aliphatic rings. The van der Waals surface area contributed by atoms with Crippen molar-refractivity contribution in [2.24, 2.45) is 11.8 Å². The maximum Gasteiger partial charge on any atom is 0.240 e. The lowest BCUT2D eigenvalue weighted by Gasteiger charge is -2.38. The Kier molecular flexibility index (Phi) is 5.02. The smallest absolute Gasteiger partial charge is 0.240 e. The van der Waals surface area contributed by atoms with Crippen molar-refractivity contribution >= 4 is 47.4 Å². The van der Waals surface area contributed by atoms with Gasteiger partial charge in [0.1, 0.15) is 5.60 Å². The molecule has 3 fully saturated rings. The molecule has 1 aromatic carbocycles. The summed E-state index contributed by atoms with van der Waals surface area (Å²) in [5, 5.41) is 11.0. The molecule has 33 heavy (non-hydrogen) atoms. The summed E-state index contributed by atoms with van der Waals surface area (Å²) in [4.78, 5) is 32.9. The maximum atomic E-state index is 13.7. The van der Waals surface area contributed by atoms with Crippen LogP contribution in [0.2, 0.25) is 18.1 Å². The predicted octanol–water partition coefficient (Wildman–Crippen LogP) is 4.11. The fraction of sp³-hybridized carbons (Fsp3) is 0.625. The maximum absolute atomic E-state index is 13.7. The summed E-state index contributed by atoms with van der Waals surface area (Å²) in [5.74, 6) is -1.84. The Morgan fingerprint density at radius 1 is 1.27 bits per heavy atom. The van der Waals surface area contributed by atoms with Gasteiger partial charge in [-0.1, -0.05) is 20.8 Å². The highest BCUT2D eigenvalue weighted by atomic mass is 32.1. The van der Waals surface area contributed by atoms with Crippen molar-refractivity contribution in [3.8, 4) is 0 Å². The summed E-state index contributed by atoms with van der Waals surface area (Å²) in [6, 6.07) is 5.45. The monoisotopic (exact) mass is 488 g/mol. The molecule has 0 saturated carbocycles. The molecule has 0 radical (unpaired) electrons. The zero-order valence-corrected chi connectivity index (χ0v) is 21.9. The summed E-state index contributed by atoms with van der Waals surface area (Å²) in [6.07, 6.45) is 0.0210. The van der Waals surface area contributed by atoms with E-state index in [2.05, 4.69) is 38.8 Å². The van der Waals surface area contributed by atoms with Gasteiger partial charge >= 0.3 is 0 Å². The number of aliphatic hydroxyl groups excluding tert-OH is 1. The van der Waals surface area contributed by atoms with Crippen molar-refractivity contribution in [2.45, 2.75) is 76.0 Å². The third-order valence-corrected chi connectivity index (χ3v) is 13.8. The molecule has 7 nitrogen and oxygen atoms in total. The fourth-order valence-corrected chi connectivity index (χ4v) is 7.31. The number of aromatic nitrogens is 1. The first-order valence-corrected chi connectivity index (χ1v) is 15.3. The number of anilines is 1. The number of carbonyl (C=O) groups excluding carboxylic acids is 2. The first-order chi connectivity index (χ1) is 15.3. The Labute approximate surface area is 199 Å². The van der Waals surface area contributed by atoms with E-state index in [1.165, 1.54) is 16.2 Å². The van der Waals surface area contributed by atoms with Gasteiger partial charge in [0.25, 0.3) is 0 Å². The molecule has 2 aromatic rings. The van der Waals surface area contributed by atoms with Gasteiger partial charge in [-0.15, -0.1) is 11.3 Å². The molecule has 0 spiro atoms. The van der Waals surface area contributed by atoms with Crippen molar-refractivity contribution in [1.82, 2.24) is 4.98 Å². The average Bonchev–Trinajstić information content (AvgIpc) is 3.40.